The van der Waals surface area contributed by atoms with E-state index in [4.69, 9.17) is 0 Å². The summed E-state index contributed by atoms with van der Waals surface area (Å²) in [5.41, 5.74) is 6.09. The van der Waals surface area contributed by atoms with Crippen LogP contribution in [-0.2, 0) is 33.3 Å². The summed E-state index contributed by atoms with van der Waals surface area (Å²) in [5.74, 6) is 0. The van der Waals surface area contributed by atoms with Gasteiger partial charge in [0.1, 0.15) is 0 Å². The van der Waals surface area contributed by atoms with Crippen LogP contribution < -0.4 is 0 Å². The molecule has 0 spiro atoms. The molecule has 0 amide bonds. The van der Waals surface area contributed by atoms with E-state index in [1.807, 2.05) is 0 Å². The van der Waals surface area contributed by atoms with Crippen LogP contribution in [0.25, 0.3) is 6.08 Å². The van der Waals surface area contributed by atoms with Crippen molar-refractivity contribution in [2.75, 3.05) is 0 Å². The Morgan fingerprint density at radius 1 is 1.21 bits per heavy atom. The Morgan fingerprint density at radius 3 is 2.64 bits per heavy atom. The van der Waals surface area contributed by atoms with Crippen LogP contribution in [0.5, 0.6) is 0 Å². The Kier molecular flexibility index (Phi) is 2.94. The number of benzene rings is 1. The van der Waals surface area contributed by atoms with Crippen LogP contribution in [0.2, 0.25) is 0 Å². The van der Waals surface area contributed by atoms with Gasteiger partial charge in [0.05, 0.1) is 0 Å². The van der Waals surface area contributed by atoms with E-state index in [2.05, 4.69) is 58.6 Å². The van der Waals surface area contributed by atoms with E-state index in [0.29, 0.717) is 4.22 Å². The Morgan fingerprint density at radius 2 is 2.00 bits per heavy atom. The number of hydrogen-bond acceptors (Lipinski definition) is 0. The molecule has 0 aliphatic heterocycles. The van der Waals surface area contributed by atoms with Crippen molar-refractivity contribution in [3.05, 3.63) is 40.5 Å². The normalized spacial score (nSPS) is 18.5. The second-order valence-electron chi connectivity index (χ2n) is 3.75. The fourth-order valence-electron chi connectivity index (χ4n) is 2.24. The molecule has 1 aromatic rings. The number of allylic oxidation sites excluding steroid dienone is 1. The van der Waals surface area contributed by atoms with Crippen molar-refractivity contribution in [3.63, 3.8) is 0 Å². The molecule has 0 saturated heterocycles. The molecule has 0 fully saturated rings. The molecule has 0 N–H and O–H groups in total. The molecule has 2 rings (SSSR count). The van der Waals surface area contributed by atoms with Crippen molar-refractivity contribution >= 4 is 6.08 Å². The first-order valence-electron chi connectivity index (χ1n) is 5.31. The molecule has 1 aromatic carbocycles. The van der Waals surface area contributed by atoms with Crippen molar-refractivity contribution in [1.82, 2.24) is 0 Å². The van der Waals surface area contributed by atoms with Crippen LogP contribution in [0.1, 0.15) is 40.3 Å². The molecule has 0 bridgehead atoms. The van der Waals surface area contributed by atoms with Gasteiger partial charge in [-0.15, -0.1) is 0 Å². The van der Waals surface area contributed by atoms with Crippen molar-refractivity contribution in [2.24, 2.45) is 0 Å². The molecule has 0 saturated carbocycles. The van der Waals surface area contributed by atoms with E-state index in [1.165, 1.54) is 16.7 Å². The van der Waals surface area contributed by atoms with Gasteiger partial charge in [-0.25, -0.2) is 0 Å². The molecule has 1 unspecified atom stereocenters. The predicted molar refractivity (Wildman–Crippen MR) is 57.0 cm³/mol. The number of hydrogen-bond donors (Lipinski definition) is 0. The second-order valence-corrected chi connectivity index (χ2v) is 4.72. The third-order valence-electron chi connectivity index (χ3n) is 3.01. The zero-order chi connectivity index (χ0) is 10.1. The van der Waals surface area contributed by atoms with Crippen molar-refractivity contribution in [1.29, 1.82) is 0 Å². The van der Waals surface area contributed by atoms with E-state index in [0.717, 1.165) is 12.8 Å². The minimum atomic E-state index is 0.612. The molecule has 1 heteroatoms. The van der Waals surface area contributed by atoms with Gasteiger partial charge in [0.25, 0.3) is 0 Å². The maximum absolute atomic E-state index is 2.31. The quantitative estimate of drug-likeness (QED) is 0.668. The van der Waals surface area contributed by atoms with Crippen molar-refractivity contribution in [2.45, 2.75) is 30.9 Å². The standard InChI is InChI=1S/C13H15.Ti/c1-3-10-8-9-11-6-5-7-13(11)12(10)4-2;/h5-9H,3-4H2,1-2H3;. The molecular weight excluding hydrogens is 204 g/mol. The fraction of sp³-hybridized carbons (Fsp3) is 0.385. The third-order valence-corrected chi connectivity index (χ3v) is 3.80. The Balaban J connectivity index is 2.59. The van der Waals surface area contributed by atoms with Gasteiger partial charge in [0.15, 0.2) is 0 Å². The van der Waals surface area contributed by atoms with Crippen LogP contribution in [0, 0.1) is 0 Å². The van der Waals surface area contributed by atoms with Crippen molar-refractivity contribution in [3.8, 4) is 0 Å². The molecule has 71 valence electrons. The maximum atomic E-state index is 2.31. The third kappa shape index (κ3) is 1.51. The van der Waals surface area contributed by atoms with Crippen molar-refractivity contribution < 1.29 is 20.4 Å². The van der Waals surface area contributed by atoms with Gasteiger partial charge in [-0.05, 0) is 0 Å². The first-order chi connectivity index (χ1) is 6.77. The number of aryl methyl sites for hydroxylation is 1. The summed E-state index contributed by atoms with van der Waals surface area (Å²) in [7, 11) is 0. The molecule has 14 heavy (non-hydrogen) atoms. The van der Waals surface area contributed by atoms with Crippen LogP contribution >= 0.6 is 0 Å². The van der Waals surface area contributed by atoms with Gasteiger partial charge in [-0.2, -0.15) is 0 Å². The van der Waals surface area contributed by atoms with E-state index in [1.54, 1.807) is 5.56 Å². The zero-order valence-corrected chi connectivity index (χ0v) is 10.4. The van der Waals surface area contributed by atoms with E-state index in [-0.39, 0.29) is 0 Å². The Bertz CT molecular complexity index is 377. The molecule has 1 aliphatic rings. The fourth-order valence-corrected chi connectivity index (χ4v) is 2.78. The summed E-state index contributed by atoms with van der Waals surface area (Å²) >= 11 is 2.27. The van der Waals surface area contributed by atoms with Crippen LogP contribution in [0.4, 0.5) is 0 Å². The van der Waals surface area contributed by atoms with Crippen LogP contribution in [0.3, 0.4) is 0 Å². The zero-order valence-electron chi connectivity index (χ0n) is 8.80. The van der Waals surface area contributed by atoms with Gasteiger partial charge >= 0.3 is 97.9 Å². The van der Waals surface area contributed by atoms with Gasteiger partial charge in [0.2, 0.25) is 0 Å². The van der Waals surface area contributed by atoms with Gasteiger partial charge in [-0.1, -0.05) is 0 Å². The summed E-state index contributed by atoms with van der Waals surface area (Å²) in [5, 5.41) is 0. The molecular formula is C13H15Ti. The van der Waals surface area contributed by atoms with E-state index in [9.17, 15) is 0 Å². The summed E-state index contributed by atoms with van der Waals surface area (Å²) in [6, 6.07) is 4.61. The first kappa shape index (κ1) is 10.2. The van der Waals surface area contributed by atoms with Gasteiger partial charge < -0.3 is 0 Å². The van der Waals surface area contributed by atoms with Crippen LogP contribution in [-0.4, -0.2) is 0 Å². The molecule has 1 aliphatic carbocycles. The summed E-state index contributed by atoms with van der Waals surface area (Å²) in [6.45, 7) is 4.49. The van der Waals surface area contributed by atoms with Crippen LogP contribution in [0.15, 0.2) is 18.2 Å². The second kappa shape index (κ2) is 4.04. The summed E-state index contributed by atoms with van der Waals surface area (Å²) < 4.78 is 0.612. The van der Waals surface area contributed by atoms with Gasteiger partial charge in [-0.3, -0.25) is 0 Å². The molecule has 0 heterocycles. The average Bonchev–Trinajstić information content (AvgIpc) is 2.59. The molecule has 0 aromatic heterocycles. The monoisotopic (exact) mass is 219 g/mol. The van der Waals surface area contributed by atoms with E-state index < -0.39 is 0 Å². The van der Waals surface area contributed by atoms with E-state index >= 15 is 0 Å². The molecule has 1 atom stereocenters. The summed E-state index contributed by atoms with van der Waals surface area (Å²) in [6.07, 6.45) is 6.92. The predicted octanol–water partition coefficient (Wildman–Crippen LogP) is 3.43. The van der Waals surface area contributed by atoms with Gasteiger partial charge in [0, 0.05) is 0 Å². The molecule has 0 radical (unpaired) electrons. The Labute approximate surface area is 97.8 Å². The average molecular weight is 219 g/mol. The topological polar surface area (TPSA) is 0 Å². The Hall–Kier alpha value is -0.326. The SMILES string of the molecule is CCc1ccc2c(c1CC)C=C[CH]2[Ti]. The first-order valence-corrected chi connectivity index (χ1v) is 6.22. The number of rotatable bonds is 2. The number of fused-ring (bicyclic) bond motifs is 1. The minimum absolute atomic E-state index is 0.612. The summed E-state index contributed by atoms with van der Waals surface area (Å²) in [4.78, 5) is 0. The molecule has 0 nitrogen and oxygen atoms in total.